The number of hydrogen-bond donors (Lipinski definition) is 2. The van der Waals surface area contributed by atoms with Crippen molar-refractivity contribution in [2.45, 2.75) is 0 Å². The Kier molecular flexibility index (Phi) is 3.35. The molecule has 0 fully saturated rings. The van der Waals surface area contributed by atoms with Gasteiger partial charge >= 0.3 is 0 Å². The minimum atomic E-state index is -0.743. The second-order valence-electron chi connectivity index (χ2n) is 5.21. The lowest BCUT2D eigenvalue weighted by Crippen LogP contribution is -1.91. The number of fused-ring (bicyclic) bond motifs is 1. The van der Waals surface area contributed by atoms with Gasteiger partial charge in [-0.3, -0.25) is 0 Å². The Labute approximate surface area is 136 Å². The number of nitrogens with zero attached hydrogens (tertiary/aromatic N) is 2. The van der Waals surface area contributed by atoms with E-state index in [9.17, 15) is 9.50 Å². The van der Waals surface area contributed by atoms with Gasteiger partial charge in [-0.1, -0.05) is 12.1 Å². The van der Waals surface area contributed by atoms with E-state index in [1.165, 1.54) is 12.1 Å². The highest BCUT2D eigenvalue weighted by Gasteiger charge is 2.07. The van der Waals surface area contributed by atoms with Gasteiger partial charge < -0.3 is 14.8 Å². The van der Waals surface area contributed by atoms with E-state index in [2.05, 4.69) is 15.0 Å². The molecule has 0 bridgehead atoms. The van der Waals surface area contributed by atoms with Crippen LogP contribution in [0.25, 0.3) is 22.3 Å². The van der Waals surface area contributed by atoms with Gasteiger partial charge in [0, 0.05) is 17.7 Å². The van der Waals surface area contributed by atoms with Crippen LogP contribution in [0.3, 0.4) is 0 Å². The predicted octanol–water partition coefficient (Wildman–Crippen LogP) is 4.26. The number of rotatable bonds is 3. The average Bonchev–Trinajstić information content (AvgIpc) is 3.06. The van der Waals surface area contributed by atoms with Crippen LogP contribution in [0.5, 0.6) is 17.4 Å². The van der Waals surface area contributed by atoms with Gasteiger partial charge in [0.15, 0.2) is 11.6 Å². The van der Waals surface area contributed by atoms with Crippen molar-refractivity contribution < 1.29 is 14.2 Å². The molecule has 0 aliphatic rings. The van der Waals surface area contributed by atoms with Gasteiger partial charge in [-0.05, 0) is 30.3 Å². The minimum absolute atomic E-state index is 0.262. The van der Waals surface area contributed by atoms with E-state index in [1.54, 1.807) is 12.4 Å². The van der Waals surface area contributed by atoms with Crippen molar-refractivity contribution in [2.24, 2.45) is 0 Å². The molecule has 0 atom stereocenters. The molecule has 0 unspecified atom stereocenters. The van der Waals surface area contributed by atoms with Crippen molar-refractivity contribution >= 4 is 11.0 Å². The van der Waals surface area contributed by atoms with Gasteiger partial charge in [0.05, 0.1) is 23.1 Å². The molecule has 0 saturated carbocycles. The molecule has 0 aliphatic heterocycles. The number of halogens is 1. The smallest absolute Gasteiger partial charge is 0.219 e. The molecule has 0 amide bonds. The average molecular weight is 321 g/mol. The molecule has 0 saturated heterocycles. The van der Waals surface area contributed by atoms with Crippen LogP contribution < -0.4 is 4.74 Å². The van der Waals surface area contributed by atoms with Crippen molar-refractivity contribution in [3.8, 4) is 28.6 Å². The summed E-state index contributed by atoms with van der Waals surface area (Å²) in [5.74, 6) is -0.568. The summed E-state index contributed by atoms with van der Waals surface area (Å²) in [6.45, 7) is 0. The molecule has 24 heavy (non-hydrogen) atoms. The van der Waals surface area contributed by atoms with E-state index >= 15 is 0 Å². The molecule has 2 aromatic carbocycles. The summed E-state index contributed by atoms with van der Waals surface area (Å²) < 4.78 is 18.9. The highest BCUT2D eigenvalue weighted by Crippen LogP contribution is 2.27. The number of phenolic OH excluding ortho intramolecular Hbond substituents is 1. The monoisotopic (exact) mass is 321 g/mol. The fraction of sp³-hybridized carbons (Fsp3) is 0. The van der Waals surface area contributed by atoms with E-state index in [0.717, 1.165) is 28.4 Å². The number of benzene rings is 2. The van der Waals surface area contributed by atoms with Crippen LogP contribution in [0.2, 0.25) is 0 Å². The van der Waals surface area contributed by atoms with E-state index in [1.807, 2.05) is 30.3 Å². The number of imidazole rings is 1. The van der Waals surface area contributed by atoms with E-state index in [-0.39, 0.29) is 5.75 Å². The number of pyridine rings is 1. The SMILES string of the molecule is Oc1ccc(Oc2cccc(-c3ccc4[nH]cnc4c3)n2)cc1F. The fourth-order valence-electron chi connectivity index (χ4n) is 2.40. The first kappa shape index (κ1) is 14.2. The van der Waals surface area contributed by atoms with Crippen LogP contribution in [-0.4, -0.2) is 20.1 Å². The molecule has 2 N–H and O–H groups in total. The number of ether oxygens (including phenoxy) is 1. The van der Waals surface area contributed by atoms with Crippen LogP contribution in [0.1, 0.15) is 0 Å². The van der Waals surface area contributed by atoms with Crippen molar-refractivity contribution in [3.63, 3.8) is 0 Å². The summed E-state index contributed by atoms with van der Waals surface area (Å²) in [6, 6.07) is 15.0. The third-order valence-electron chi connectivity index (χ3n) is 3.58. The number of aromatic hydroxyl groups is 1. The molecule has 2 aromatic heterocycles. The quantitative estimate of drug-likeness (QED) is 0.591. The molecule has 5 nitrogen and oxygen atoms in total. The molecule has 118 valence electrons. The Morgan fingerprint density at radius 1 is 1.04 bits per heavy atom. The van der Waals surface area contributed by atoms with E-state index in [4.69, 9.17) is 4.74 Å². The van der Waals surface area contributed by atoms with Crippen molar-refractivity contribution in [1.82, 2.24) is 15.0 Å². The molecular formula is C18H12FN3O2. The second kappa shape index (κ2) is 5.66. The lowest BCUT2D eigenvalue weighted by Gasteiger charge is -2.07. The van der Waals surface area contributed by atoms with Gasteiger partial charge in [-0.25, -0.2) is 14.4 Å². The molecule has 0 aliphatic carbocycles. The van der Waals surface area contributed by atoms with E-state index < -0.39 is 11.6 Å². The maximum Gasteiger partial charge on any atom is 0.219 e. The van der Waals surface area contributed by atoms with Crippen LogP contribution >= 0.6 is 0 Å². The van der Waals surface area contributed by atoms with Crippen molar-refractivity contribution in [1.29, 1.82) is 0 Å². The topological polar surface area (TPSA) is 71.0 Å². The Morgan fingerprint density at radius 3 is 2.83 bits per heavy atom. The third-order valence-corrected chi connectivity index (χ3v) is 3.58. The van der Waals surface area contributed by atoms with Gasteiger partial charge in [-0.2, -0.15) is 0 Å². The number of H-pyrrole nitrogens is 1. The predicted molar refractivity (Wildman–Crippen MR) is 87.5 cm³/mol. The number of nitrogens with one attached hydrogen (secondary N) is 1. The summed E-state index contributed by atoms with van der Waals surface area (Å²) in [7, 11) is 0. The maximum absolute atomic E-state index is 13.4. The molecule has 2 heterocycles. The summed E-state index contributed by atoms with van der Waals surface area (Å²) >= 11 is 0. The van der Waals surface area contributed by atoms with Crippen LogP contribution in [-0.2, 0) is 0 Å². The standard InChI is InChI=1S/C18H12FN3O2/c19-13-9-12(5-7-17(13)23)24-18-3-1-2-14(22-18)11-4-6-15-16(8-11)21-10-20-15/h1-10,23H,(H,20,21). The highest BCUT2D eigenvalue weighted by atomic mass is 19.1. The zero-order valence-electron chi connectivity index (χ0n) is 12.4. The van der Waals surface area contributed by atoms with Gasteiger partial charge in [0.1, 0.15) is 5.75 Å². The van der Waals surface area contributed by atoms with Crippen LogP contribution in [0.15, 0.2) is 60.9 Å². The molecule has 6 heteroatoms. The Hall–Kier alpha value is -3.41. The largest absolute Gasteiger partial charge is 0.505 e. The molecule has 4 rings (SSSR count). The van der Waals surface area contributed by atoms with Crippen molar-refractivity contribution in [2.75, 3.05) is 0 Å². The number of aromatic amines is 1. The van der Waals surface area contributed by atoms with E-state index in [0.29, 0.717) is 5.88 Å². The Bertz CT molecular complexity index is 1030. The summed E-state index contributed by atoms with van der Waals surface area (Å²) in [6.07, 6.45) is 1.64. The van der Waals surface area contributed by atoms with Gasteiger partial charge in [0.25, 0.3) is 0 Å². The van der Waals surface area contributed by atoms with Crippen LogP contribution in [0.4, 0.5) is 4.39 Å². The molecule has 4 aromatic rings. The summed E-state index contributed by atoms with van der Waals surface area (Å²) in [5, 5.41) is 9.22. The van der Waals surface area contributed by atoms with Gasteiger partial charge in [-0.15, -0.1) is 0 Å². The third kappa shape index (κ3) is 2.65. The first-order valence-electron chi connectivity index (χ1n) is 7.26. The number of hydrogen-bond acceptors (Lipinski definition) is 4. The molecule has 0 radical (unpaired) electrons. The van der Waals surface area contributed by atoms with Crippen molar-refractivity contribution in [3.05, 3.63) is 66.7 Å². The fourth-order valence-corrected chi connectivity index (χ4v) is 2.40. The summed E-state index contributed by atoms with van der Waals surface area (Å²) in [4.78, 5) is 11.7. The Morgan fingerprint density at radius 2 is 1.96 bits per heavy atom. The second-order valence-corrected chi connectivity index (χ2v) is 5.21. The normalized spacial score (nSPS) is 10.9. The summed E-state index contributed by atoms with van der Waals surface area (Å²) in [5.41, 5.74) is 3.42. The first-order valence-corrected chi connectivity index (χ1v) is 7.26. The lowest BCUT2D eigenvalue weighted by atomic mass is 10.1. The van der Waals surface area contributed by atoms with Crippen LogP contribution in [0, 0.1) is 5.82 Å². The lowest BCUT2D eigenvalue weighted by molar-refractivity contribution is 0.420. The number of aromatic nitrogens is 3. The van der Waals surface area contributed by atoms with Gasteiger partial charge in [0.2, 0.25) is 5.88 Å². The Balaban J connectivity index is 1.66. The zero-order valence-corrected chi connectivity index (χ0v) is 12.4. The molecular weight excluding hydrogens is 309 g/mol. The number of phenols is 1. The highest BCUT2D eigenvalue weighted by molar-refractivity contribution is 5.80. The molecule has 0 spiro atoms. The minimum Gasteiger partial charge on any atom is -0.505 e. The zero-order chi connectivity index (χ0) is 16.5. The first-order chi connectivity index (χ1) is 11.7. The maximum atomic E-state index is 13.4.